The number of nitrogens with one attached hydrogen (secondary N) is 1. The van der Waals surface area contributed by atoms with E-state index in [-0.39, 0.29) is 23.0 Å². The van der Waals surface area contributed by atoms with Gasteiger partial charge >= 0.3 is 0 Å². The highest BCUT2D eigenvalue weighted by Crippen LogP contribution is 2.37. The topological polar surface area (TPSA) is 88.9 Å². The van der Waals surface area contributed by atoms with Crippen molar-refractivity contribution in [2.45, 2.75) is 25.8 Å². The second kappa shape index (κ2) is 10.2. The van der Waals surface area contributed by atoms with E-state index in [0.717, 1.165) is 24.3 Å². The van der Waals surface area contributed by atoms with Gasteiger partial charge in [0.1, 0.15) is 11.9 Å². The Bertz CT molecular complexity index is 1450. The Balaban J connectivity index is 1.25. The third-order valence-corrected chi connectivity index (χ3v) is 7.52. The van der Waals surface area contributed by atoms with Crippen molar-refractivity contribution in [1.82, 2.24) is 14.5 Å². The fourth-order valence-electron chi connectivity index (χ4n) is 4.99. The fourth-order valence-corrected chi connectivity index (χ4v) is 5.44. The van der Waals surface area contributed by atoms with E-state index in [1.807, 2.05) is 23.1 Å². The molecule has 2 aliphatic heterocycles. The average molecular weight is 542 g/mol. The first-order chi connectivity index (χ1) is 17.8. The number of piperazine rings is 1. The van der Waals surface area contributed by atoms with Crippen LogP contribution in [0.25, 0.3) is 10.9 Å². The molecule has 1 atom stereocenters. The highest BCUT2D eigenvalue weighted by molar-refractivity contribution is 7.71. The Morgan fingerprint density at radius 3 is 2.54 bits per heavy atom. The molecule has 194 valence electrons. The molecule has 9 nitrogen and oxygen atoms in total. The normalized spacial score (nSPS) is 17.1. The quantitative estimate of drug-likeness (QED) is 0.462. The van der Waals surface area contributed by atoms with Crippen LogP contribution in [0.5, 0.6) is 11.5 Å². The number of aryl methyl sites for hydroxylation is 1. The van der Waals surface area contributed by atoms with Crippen molar-refractivity contribution in [2.75, 3.05) is 50.6 Å². The zero-order valence-electron chi connectivity index (χ0n) is 20.9. The van der Waals surface area contributed by atoms with Gasteiger partial charge in [0.25, 0.3) is 5.91 Å². The van der Waals surface area contributed by atoms with E-state index in [9.17, 15) is 9.59 Å². The van der Waals surface area contributed by atoms with E-state index in [0.29, 0.717) is 52.8 Å². The number of aromatic nitrogens is 2. The van der Waals surface area contributed by atoms with Gasteiger partial charge in [0, 0.05) is 54.8 Å². The second-order valence-electron chi connectivity index (χ2n) is 9.18. The monoisotopic (exact) mass is 541 g/mol. The van der Waals surface area contributed by atoms with Crippen LogP contribution in [0.15, 0.2) is 30.3 Å². The highest BCUT2D eigenvalue weighted by atomic mass is 35.5. The van der Waals surface area contributed by atoms with Crippen molar-refractivity contribution in [3.8, 4) is 11.5 Å². The van der Waals surface area contributed by atoms with Crippen molar-refractivity contribution in [1.29, 1.82) is 0 Å². The Morgan fingerprint density at radius 1 is 1.14 bits per heavy atom. The number of amides is 1. The number of nitrogens with zero attached hydrogens (tertiary/aromatic N) is 4. The Morgan fingerprint density at radius 2 is 1.84 bits per heavy atom. The van der Waals surface area contributed by atoms with E-state index in [2.05, 4.69) is 22.1 Å². The molecule has 2 aliphatic rings. The van der Waals surface area contributed by atoms with Crippen LogP contribution in [-0.2, 0) is 4.79 Å². The summed E-state index contributed by atoms with van der Waals surface area (Å²) in [5.74, 6) is 1.43. The molecule has 0 unspecified atom stereocenters. The number of carbonyl (C=O) groups excluding carboxylic acids is 2. The molecule has 1 amide bonds. The Kier molecular flexibility index (Phi) is 6.96. The van der Waals surface area contributed by atoms with Crippen LogP contribution in [0.1, 0.15) is 23.2 Å². The number of rotatable bonds is 6. The number of fused-ring (bicyclic) bond motifs is 3. The number of hydrogen-bond donors (Lipinski definition) is 1. The standard InChI is InChI=1S/C26H28ClN5O4S/c1-15-4-5-16(27)12-20(15)30-8-10-31(11-9-30)23(33)7-6-18-25(34)32-24(28-18)17-13-21(35-2)22(36-3)14-19(17)29-26(32)37/h4-5,12-14,18,28H,6-11H2,1-3H3/t18-/m0/s1. The van der Waals surface area contributed by atoms with Gasteiger partial charge in [0.05, 0.1) is 19.7 Å². The van der Waals surface area contributed by atoms with E-state index >= 15 is 0 Å². The maximum Gasteiger partial charge on any atom is 0.257 e. The van der Waals surface area contributed by atoms with Gasteiger partial charge in [-0.1, -0.05) is 17.7 Å². The van der Waals surface area contributed by atoms with Gasteiger partial charge in [0.2, 0.25) is 10.7 Å². The minimum Gasteiger partial charge on any atom is -0.493 e. The molecular weight excluding hydrogens is 514 g/mol. The molecule has 1 N–H and O–H groups in total. The van der Waals surface area contributed by atoms with Gasteiger partial charge in [0.15, 0.2) is 11.5 Å². The number of anilines is 2. The van der Waals surface area contributed by atoms with Crippen LogP contribution in [0, 0.1) is 11.7 Å². The Hall–Kier alpha value is -3.37. The highest BCUT2D eigenvalue weighted by Gasteiger charge is 2.33. The predicted molar refractivity (Wildman–Crippen MR) is 146 cm³/mol. The molecule has 1 saturated heterocycles. The van der Waals surface area contributed by atoms with Crippen LogP contribution in [0.3, 0.4) is 0 Å². The molecule has 37 heavy (non-hydrogen) atoms. The van der Waals surface area contributed by atoms with Gasteiger partial charge < -0.3 is 24.6 Å². The summed E-state index contributed by atoms with van der Waals surface area (Å²) in [5, 5.41) is 4.67. The second-order valence-corrected chi connectivity index (χ2v) is 9.98. The summed E-state index contributed by atoms with van der Waals surface area (Å²) < 4.78 is 12.4. The third-order valence-electron chi connectivity index (χ3n) is 7.01. The molecule has 0 radical (unpaired) electrons. The molecule has 0 bridgehead atoms. The lowest BCUT2D eigenvalue weighted by Gasteiger charge is -2.37. The summed E-state index contributed by atoms with van der Waals surface area (Å²) in [6, 6.07) is 8.81. The first-order valence-electron chi connectivity index (χ1n) is 12.1. The Labute approximate surface area is 224 Å². The molecule has 2 aromatic carbocycles. The number of ether oxygens (including phenoxy) is 2. The molecular formula is C26H28ClN5O4S. The minimum absolute atomic E-state index is 0.0333. The van der Waals surface area contributed by atoms with E-state index in [4.69, 9.17) is 33.3 Å². The molecule has 0 saturated carbocycles. The van der Waals surface area contributed by atoms with Gasteiger partial charge in [-0.15, -0.1) is 0 Å². The van der Waals surface area contributed by atoms with Crippen LogP contribution in [0.2, 0.25) is 5.02 Å². The van der Waals surface area contributed by atoms with Gasteiger partial charge in [-0.25, -0.2) is 9.55 Å². The molecule has 3 heterocycles. The summed E-state index contributed by atoms with van der Waals surface area (Å²) >= 11 is 11.6. The number of methoxy groups -OCH3 is 2. The molecule has 1 aromatic heterocycles. The third kappa shape index (κ3) is 4.71. The van der Waals surface area contributed by atoms with Crippen molar-refractivity contribution in [3.63, 3.8) is 0 Å². The van der Waals surface area contributed by atoms with E-state index < -0.39 is 6.04 Å². The number of benzene rings is 2. The number of carbonyl (C=O) groups is 2. The molecule has 1 fully saturated rings. The first-order valence-corrected chi connectivity index (χ1v) is 12.9. The molecule has 0 spiro atoms. The van der Waals surface area contributed by atoms with Crippen LogP contribution in [-0.4, -0.2) is 72.7 Å². The first kappa shape index (κ1) is 25.3. The number of hydrogen-bond acceptors (Lipinski definition) is 8. The lowest BCUT2D eigenvalue weighted by Crippen LogP contribution is -2.49. The molecule has 0 aliphatic carbocycles. The van der Waals surface area contributed by atoms with E-state index in [1.165, 1.54) is 4.57 Å². The zero-order chi connectivity index (χ0) is 26.3. The molecule has 11 heteroatoms. The lowest BCUT2D eigenvalue weighted by molar-refractivity contribution is -0.131. The fraction of sp³-hybridized carbons (Fsp3) is 0.385. The summed E-state index contributed by atoms with van der Waals surface area (Å²) in [6.07, 6.45) is 0.611. The zero-order valence-corrected chi connectivity index (χ0v) is 22.5. The minimum atomic E-state index is -0.568. The largest absolute Gasteiger partial charge is 0.493 e. The average Bonchev–Trinajstić information content (AvgIpc) is 3.24. The smallest absolute Gasteiger partial charge is 0.257 e. The van der Waals surface area contributed by atoms with Crippen molar-refractivity contribution >= 4 is 58.0 Å². The molecule has 5 rings (SSSR count). The lowest BCUT2D eigenvalue weighted by atomic mass is 10.1. The van der Waals surface area contributed by atoms with Gasteiger partial charge in [-0.2, -0.15) is 0 Å². The van der Waals surface area contributed by atoms with Crippen molar-refractivity contribution in [2.24, 2.45) is 0 Å². The van der Waals surface area contributed by atoms with Crippen molar-refractivity contribution in [3.05, 3.63) is 45.7 Å². The predicted octanol–water partition coefficient (Wildman–Crippen LogP) is 4.31. The van der Waals surface area contributed by atoms with Gasteiger partial charge in [-0.05, 0) is 49.3 Å². The van der Waals surface area contributed by atoms with Crippen LogP contribution in [0.4, 0.5) is 11.5 Å². The summed E-state index contributed by atoms with van der Waals surface area (Å²) in [5.41, 5.74) is 2.86. The van der Waals surface area contributed by atoms with Crippen LogP contribution >= 0.6 is 23.8 Å². The van der Waals surface area contributed by atoms with E-state index in [1.54, 1.807) is 26.4 Å². The molecule has 3 aromatic rings. The maximum absolute atomic E-state index is 13.2. The summed E-state index contributed by atoms with van der Waals surface area (Å²) in [6.45, 7) is 4.77. The summed E-state index contributed by atoms with van der Waals surface area (Å²) in [7, 11) is 3.10. The van der Waals surface area contributed by atoms with Crippen molar-refractivity contribution < 1.29 is 19.1 Å². The maximum atomic E-state index is 13.2. The van der Waals surface area contributed by atoms with Gasteiger partial charge in [-0.3, -0.25) is 9.59 Å². The summed E-state index contributed by atoms with van der Waals surface area (Å²) in [4.78, 5) is 34.7. The SMILES string of the molecule is COc1cc2nc(=S)n3c(c2cc1OC)N[C@@H](CCC(=O)N1CCN(c2cc(Cl)ccc2C)CC1)C3=O. The van der Waals surface area contributed by atoms with Crippen LogP contribution < -0.4 is 19.7 Å². The number of halogens is 1.